The van der Waals surface area contributed by atoms with E-state index in [9.17, 15) is 0 Å². The van der Waals surface area contributed by atoms with E-state index in [1.165, 1.54) is 27.1 Å². The maximum absolute atomic E-state index is 6.94. The number of furan rings is 3. The Morgan fingerprint density at radius 2 is 0.415 bits per heavy atom. The molecule has 0 spiro atoms. The van der Waals surface area contributed by atoms with Crippen LogP contribution >= 0.6 is 0 Å². The highest BCUT2D eigenvalue weighted by Crippen LogP contribution is 2.57. The van der Waals surface area contributed by atoms with Gasteiger partial charge in [-0.05, 0) is 258 Å². The number of hydrogen-bond donors (Lipinski definition) is 0. The van der Waals surface area contributed by atoms with Crippen LogP contribution in [-0.4, -0.2) is 0 Å². The first kappa shape index (κ1) is 76.8. The number of para-hydroxylation sites is 11. The second-order valence-corrected chi connectivity index (χ2v) is 34.8. The van der Waals surface area contributed by atoms with Crippen LogP contribution in [0.1, 0.15) is 0 Å². The normalized spacial score (nSPS) is 12.0. The lowest BCUT2D eigenvalue weighted by Crippen LogP contribution is -2.11. The lowest BCUT2D eigenvalue weighted by Gasteiger charge is -2.28. The van der Waals surface area contributed by atoms with Crippen molar-refractivity contribution in [3.05, 3.63) is 473 Å². The highest BCUT2D eigenvalue weighted by Gasteiger charge is 2.31. The molecule has 9 nitrogen and oxygen atoms in total. The zero-order chi connectivity index (χ0) is 88.7. The molecule has 0 saturated carbocycles. The van der Waals surface area contributed by atoms with E-state index in [2.05, 4.69) is 456 Å². The van der Waals surface area contributed by atoms with Crippen molar-refractivity contribution in [2.24, 2.45) is 0 Å². The largest absolute Gasteiger partial charge is 0.456 e. The molecule has 0 unspecified atom stereocenters. The van der Waals surface area contributed by atoms with E-state index in [4.69, 9.17) is 22.7 Å². The molecular weight excluding hydrogens is 1650 g/mol. The molecule has 5 heterocycles. The van der Waals surface area contributed by atoms with Crippen molar-refractivity contribution in [3.8, 4) is 67.5 Å². The second-order valence-electron chi connectivity index (χ2n) is 34.8. The van der Waals surface area contributed by atoms with Gasteiger partial charge < -0.3 is 42.3 Å². The molecule has 0 aliphatic carbocycles. The molecule has 0 bridgehead atoms. The van der Waals surface area contributed by atoms with Crippen LogP contribution in [0.5, 0.6) is 23.0 Å². The molecule has 0 N–H and O–H groups in total. The van der Waals surface area contributed by atoms with Crippen LogP contribution in [0, 0.1) is 0 Å². The van der Waals surface area contributed by atoms with E-state index < -0.39 is 0 Å². The molecule has 0 amide bonds. The zero-order valence-electron chi connectivity index (χ0n) is 72.9. The van der Waals surface area contributed by atoms with Gasteiger partial charge in [-0.3, -0.25) is 0 Å². The predicted molar refractivity (Wildman–Crippen MR) is 560 cm³/mol. The third kappa shape index (κ3) is 12.6. The molecule has 9 heteroatoms. The van der Waals surface area contributed by atoms with Gasteiger partial charge in [0, 0.05) is 105 Å². The molecule has 0 saturated heterocycles. The monoisotopic (exact) mass is 1730 g/mol. The lowest BCUT2D eigenvalue weighted by atomic mass is 9.87. The Morgan fingerprint density at radius 3 is 0.793 bits per heavy atom. The molecule has 135 heavy (non-hydrogen) atoms. The van der Waals surface area contributed by atoms with E-state index in [1.807, 2.05) is 36.4 Å². The zero-order valence-corrected chi connectivity index (χ0v) is 72.9. The molecule has 3 aromatic heterocycles. The van der Waals surface area contributed by atoms with Gasteiger partial charge in [0.25, 0.3) is 0 Å². The van der Waals surface area contributed by atoms with E-state index in [0.717, 1.165) is 239 Å². The average Bonchev–Trinajstić information content (AvgIpc) is 1.57. The van der Waals surface area contributed by atoms with Crippen LogP contribution in [0.3, 0.4) is 0 Å². The van der Waals surface area contributed by atoms with Crippen molar-refractivity contribution in [2.75, 3.05) is 19.6 Å². The minimum atomic E-state index is 0.837. The number of nitrogens with zero attached hydrogens (tertiary/aromatic N) is 4. The van der Waals surface area contributed by atoms with E-state index in [0.29, 0.717) is 0 Å². The molecule has 28 rings (SSSR count). The highest BCUT2D eigenvalue weighted by atomic mass is 16.5. The maximum Gasteiger partial charge on any atom is 0.159 e. The maximum atomic E-state index is 6.94. The predicted octanol–water partition coefficient (Wildman–Crippen LogP) is 36.7. The van der Waals surface area contributed by atoms with Crippen molar-refractivity contribution in [3.63, 3.8) is 0 Å². The fourth-order valence-corrected chi connectivity index (χ4v) is 21.1. The summed E-state index contributed by atoms with van der Waals surface area (Å²) in [5.41, 5.74) is 26.7. The molecule has 23 aromatic carbocycles. The van der Waals surface area contributed by atoms with Crippen molar-refractivity contribution in [1.82, 2.24) is 0 Å². The van der Waals surface area contributed by atoms with Gasteiger partial charge in [0.1, 0.15) is 39.7 Å². The molecular formula is C126H78N4O5. The van der Waals surface area contributed by atoms with Gasteiger partial charge in [-0.15, -0.1) is 0 Å². The van der Waals surface area contributed by atoms with Gasteiger partial charge in [-0.25, -0.2) is 0 Å². The minimum Gasteiger partial charge on any atom is -0.456 e. The fraction of sp³-hybridized carbons (Fsp3) is 0. The summed E-state index contributed by atoms with van der Waals surface area (Å²) in [5.74, 6) is 3.39. The summed E-state index contributed by atoms with van der Waals surface area (Å²) in [6.07, 6.45) is 0. The fourth-order valence-electron chi connectivity index (χ4n) is 21.1. The highest BCUT2D eigenvalue weighted by molar-refractivity contribution is 6.29. The Hall–Kier alpha value is -18.2. The Labute approximate surface area is 776 Å². The van der Waals surface area contributed by atoms with Gasteiger partial charge in [-0.2, -0.15) is 0 Å². The summed E-state index contributed by atoms with van der Waals surface area (Å²) in [4.78, 5) is 9.29. The van der Waals surface area contributed by atoms with Crippen LogP contribution in [-0.2, 0) is 0 Å². The first-order valence-corrected chi connectivity index (χ1v) is 45.8. The Morgan fingerprint density at radius 1 is 0.141 bits per heavy atom. The van der Waals surface area contributed by atoms with Gasteiger partial charge in [0.05, 0.1) is 28.4 Å². The minimum absolute atomic E-state index is 0.837. The summed E-state index contributed by atoms with van der Waals surface area (Å²) in [6.45, 7) is 0. The van der Waals surface area contributed by atoms with E-state index >= 15 is 0 Å². The molecule has 2 aliphatic heterocycles. The number of hydrogen-bond acceptors (Lipinski definition) is 9. The molecule has 2 aliphatic rings. The average molecular weight is 1730 g/mol. The van der Waals surface area contributed by atoms with Gasteiger partial charge in [0.2, 0.25) is 0 Å². The molecule has 0 fully saturated rings. The number of anilines is 12. The van der Waals surface area contributed by atoms with E-state index in [1.54, 1.807) is 0 Å². The molecule has 0 radical (unpaired) electrons. The summed E-state index contributed by atoms with van der Waals surface area (Å²) in [6, 6.07) is 168. The summed E-state index contributed by atoms with van der Waals surface area (Å²) in [7, 11) is 0. The number of rotatable bonds is 14. The van der Waals surface area contributed by atoms with Crippen LogP contribution < -0.4 is 29.1 Å². The van der Waals surface area contributed by atoms with Crippen LogP contribution in [0.15, 0.2) is 486 Å². The van der Waals surface area contributed by atoms with E-state index in [-0.39, 0.29) is 0 Å². The van der Waals surface area contributed by atoms with Crippen LogP contribution in [0.4, 0.5) is 68.2 Å². The first-order valence-electron chi connectivity index (χ1n) is 45.8. The topological polar surface area (TPSA) is 70.8 Å². The van der Waals surface area contributed by atoms with Crippen molar-refractivity contribution < 1.29 is 22.7 Å². The number of fused-ring (bicyclic) bond motifs is 21. The third-order valence-corrected chi connectivity index (χ3v) is 27.2. The summed E-state index contributed by atoms with van der Waals surface area (Å²) >= 11 is 0. The van der Waals surface area contributed by atoms with Gasteiger partial charge >= 0.3 is 0 Å². The Balaban J connectivity index is 0.000000138. The standard InChI is InChI=1S/C66H40N2O3.C60H38N2O2/c1-3-16-43(17-4-1)67(57-27-13-25-52-48-22-9-11-29-60(48)70-65(52)57)45-35-32-41(33-36-45)42-34-37-50-56-39-54-46-20-7-8-21-47(46)59(40-55(54)51-24-15-31-62(64(51)56)69-63(50)38-42)68(44-18-5-2-6-19-44)58-28-14-26-53-49-23-10-12-30-61(49)71-66(53)58;1-4-16-41(17-5-1)61(42-18-6-2-7-19-42)44-33-30-39(31-34-44)40-32-35-48-53-37-51-45-22-10-11-23-46(45)55(38-52(51)49-25-15-29-57(59(49)53)63-58(48)36-40)62(43-20-8-3-9-21-43)54-27-14-26-50-47-24-12-13-28-56(47)64-60(50)54/h1-40H;1-38H. The van der Waals surface area contributed by atoms with Gasteiger partial charge in [-0.1, -0.05) is 291 Å². The molecule has 0 atom stereocenters. The smallest absolute Gasteiger partial charge is 0.159 e. The van der Waals surface area contributed by atoms with Crippen molar-refractivity contribution >= 4 is 199 Å². The number of benzene rings is 23. The number of ether oxygens (including phenoxy) is 2. The Kier molecular flexibility index (Phi) is 17.8. The van der Waals surface area contributed by atoms with Crippen molar-refractivity contribution in [2.45, 2.75) is 0 Å². The lowest BCUT2D eigenvalue weighted by molar-refractivity contribution is 0.487. The SMILES string of the molecule is c1ccc(N(c2ccc(-c3ccc4c(c3)Oc3cccc5c3c-4cc3c4ccccc4c(N(c4ccccc4)c4cccc6c4oc4ccccc46)cc53)cc2)c2cccc3c2oc2ccccc23)cc1.c1ccc(N(c2ccccc2)c2ccc(-c3ccc4c(c3)Oc3cccc5c3c-4cc3c4ccccc4c(N(c4ccccc4)c4cccc6c4oc4ccccc46)cc53)cc2)cc1. The quantitative estimate of drug-likeness (QED) is 0.0990. The molecule has 632 valence electrons. The summed E-state index contributed by atoms with van der Waals surface area (Å²) < 4.78 is 33.8. The third-order valence-electron chi connectivity index (χ3n) is 27.2. The van der Waals surface area contributed by atoms with Crippen molar-refractivity contribution in [1.29, 1.82) is 0 Å². The van der Waals surface area contributed by atoms with Gasteiger partial charge in [0.15, 0.2) is 16.7 Å². The first-order chi connectivity index (χ1) is 67.0. The molecule has 26 aromatic rings. The Bertz CT molecular complexity index is 9220. The van der Waals surface area contributed by atoms with Crippen LogP contribution in [0.2, 0.25) is 0 Å². The van der Waals surface area contributed by atoms with Crippen LogP contribution in [0.25, 0.3) is 175 Å². The summed E-state index contributed by atoms with van der Waals surface area (Å²) in [5, 5.41) is 20.5. The second kappa shape index (κ2) is 31.3.